The number of aliphatic hydroxyl groups is 1. The predicted molar refractivity (Wildman–Crippen MR) is 43.8 cm³/mol. The van der Waals surface area contributed by atoms with Gasteiger partial charge in [0, 0.05) is 0 Å². The molecular formula is C10H14O. The molecule has 2 saturated carbocycles. The molecule has 2 rings (SSSR count). The third-order valence-electron chi connectivity index (χ3n) is 3.27. The minimum atomic E-state index is -0.481. The third kappa shape index (κ3) is 1.16. The van der Waals surface area contributed by atoms with Crippen molar-refractivity contribution in [3.63, 3.8) is 0 Å². The number of rotatable bonds is 2. The molecule has 60 valence electrons. The number of fused-ring (bicyclic) bond motifs is 1. The molecule has 3 atom stereocenters. The zero-order valence-corrected chi connectivity index (χ0v) is 6.66. The van der Waals surface area contributed by atoms with E-state index in [1.807, 2.05) is 0 Å². The second kappa shape index (κ2) is 2.53. The van der Waals surface area contributed by atoms with Gasteiger partial charge in [-0.3, -0.25) is 0 Å². The Labute approximate surface area is 67.8 Å². The topological polar surface area (TPSA) is 20.2 Å². The van der Waals surface area contributed by atoms with Crippen LogP contribution < -0.4 is 0 Å². The summed E-state index contributed by atoms with van der Waals surface area (Å²) in [4.78, 5) is 0. The van der Waals surface area contributed by atoms with Gasteiger partial charge in [0.25, 0.3) is 0 Å². The van der Waals surface area contributed by atoms with Crippen LogP contribution in [0.15, 0.2) is 0 Å². The fraction of sp³-hybridized carbons (Fsp3) is 0.800. The first-order valence-electron chi connectivity index (χ1n) is 4.47. The minimum absolute atomic E-state index is 0.481. The van der Waals surface area contributed by atoms with Gasteiger partial charge in [-0.2, -0.15) is 0 Å². The summed E-state index contributed by atoms with van der Waals surface area (Å²) in [7, 11) is 0. The van der Waals surface area contributed by atoms with Crippen LogP contribution in [0.3, 0.4) is 0 Å². The standard InChI is InChI=1S/C10H14O/c1-2-7(11)6-10-8-4-3-5-9(8)10/h1,7-11H,3-6H2/t7-,8?,9?,10?/m1/s1. The second-order valence-corrected chi connectivity index (χ2v) is 3.84. The Morgan fingerprint density at radius 1 is 1.45 bits per heavy atom. The van der Waals surface area contributed by atoms with Crippen LogP contribution in [0.25, 0.3) is 0 Å². The van der Waals surface area contributed by atoms with E-state index in [0.717, 1.165) is 24.2 Å². The first kappa shape index (κ1) is 7.18. The van der Waals surface area contributed by atoms with E-state index >= 15 is 0 Å². The van der Waals surface area contributed by atoms with Gasteiger partial charge in [0.2, 0.25) is 0 Å². The van der Waals surface area contributed by atoms with Crippen molar-refractivity contribution in [1.82, 2.24) is 0 Å². The maximum Gasteiger partial charge on any atom is 0.114 e. The Morgan fingerprint density at radius 3 is 2.64 bits per heavy atom. The SMILES string of the molecule is C#C[C@@H](O)CC1C2CCCC21. The van der Waals surface area contributed by atoms with Gasteiger partial charge in [-0.15, -0.1) is 6.42 Å². The van der Waals surface area contributed by atoms with E-state index in [-0.39, 0.29) is 0 Å². The maximum absolute atomic E-state index is 9.19. The van der Waals surface area contributed by atoms with Gasteiger partial charge < -0.3 is 5.11 Å². The summed E-state index contributed by atoms with van der Waals surface area (Å²) >= 11 is 0. The average Bonchev–Trinajstić information content (AvgIpc) is 2.52. The predicted octanol–water partition coefficient (Wildman–Crippen LogP) is 1.42. The molecular weight excluding hydrogens is 136 g/mol. The quantitative estimate of drug-likeness (QED) is 0.590. The lowest BCUT2D eigenvalue weighted by Crippen LogP contribution is -2.05. The molecule has 0 heterocycles. The zero-order chi connectivity index (χ0) is 7.84. The van der Waals surface area contributed by atoms with E-state index in [9.17, 15) is 5.11 Å². The largest absolute Gasteiger partial charge is 0.380 e. The number of aliphatic hydroxyl groups excluding tert-OH is 1. The van der Waals surface area contributed by atoms with Crippen LogP contribution in [0.4, 0.5) is 0 Å². The van der Waals surface area contributed by atoms with Crippen LogP contribution >= 0.6 is 0 Å². The van der Waals surface area contributed by atoms with E-state index in [1.54, 1.807) is 0 Å². The zero-order valence-electron chi connectivity index (χ0n) is 6.66. The lowest BCUT2D eigenvalue weighted by molar-refractivity contribution is 0.207. The van der Waals surface area contributed by atoms with Gasteiger partial charge >= 0.3 is 0 Å². The van der Waals surface area contributed by atoms with Crippen molar-refractivity contribution >= 4 is 0 Å². The summed E-state index contributed by atoms with van der Waals surface area (Å²) in [6.07, 6.45) is 9.63. The van der Waals surface area contributed by atoms with Crippen molar-refractivity contribution in [3.8, 4) is 12.3 Å². The molecule has 2 fully saturated rings. The molecule has 0 aromatic heterocycles. The summed E-state index contributed by atoms with van der Waals surface area (Å²) in [5.41, 5.74) is 0. The molecule has 0 saturated heterocycles. The lowest BCUT2D eigenvalue weighted by Gasteiger charge is -2.03. The fourth-order valence-electron chi connectivity index (χ4n) is 2.65. The van der Waals surface area contributed by atoms with Crippen molar-refractivity contribution in [2.24, 2.45) is 17.8 Å². The van der Waals surface area contributed by atoms with Gasteiger partial charge in [0.1, 0.15) is 6.10 Å². The third-order valence-corrected chi connectivity index (χ3v) is 3.27. The Morgan fingerprint density at radius 2 is 2.09 bits per heavy atom. The summed E-state index contributed by atoms with van der Waals surface area (Å²) in [6.45, 7) is 0. The Balaban J connectivity index is 1.80. The molecule has 0 aliphatic heterocycles. The van der Waals surface area contributed by atoms with Crippen LogP contribution in [0.5, 0.6) is 0 Å². The van der Waals surface area contributed by atoms with Gasteiger partial charge in [-0.1, -0.05) is 12.3 Å². The molecule has 2 unspecified atom stereocenters. The summed E-state index contributed by atoms with van der Waals surface area (Å²) in [5, 5.41) is 9.19. The highest BCUT2D eigenvalue weighted by Gasteiger charge is 2.52. The highest BCUT2D eigenvalue weighted by molar-refractivity contribution is 5.05. The second-order valence-electron chi connectivity index (χ2n) is 3.84. The van der Waals surface area contributed by atoms with Crippen LogP contribution in [0.1, 0.15) is 25.7 Å². The van der Waals surface area contributed by atoms with Crippen molar-refractivity contribution < 1.29 is 5.11 Å². The van der Waals surface area contributed by atoms with Gasteiger partial charge in [0.15, 0.2) is 0 Å². The van der Waals surface area contributed by atoms with Crippen molar-refractivity contribution in [1.29, 1.82) is 0 Å². The Kier molecular flexibility index (Phi) is 1.65. The summed E-state index contributed by atoms with van der Waals surface area (Å²) < 4.78 is 0. The molecule has 0 aromatic rings. The van der Waals surface area contributed by atoms with Crippen LogP contribution in [0, 0.1) is 30.1 Å². The first-order valence-corrected chi connectivity index (χ1v) is 4.47. The number of terminal acetylenes is 1. The molecule has 11 heavy (non-hydrogen) atoms. The van der Waals surface area contributed by atoms with E-state index in [4.69, 9.17) is 6.42 Å². The molecule has 0 bridgehead atoms. The molecule has 1 N–H and O–H groups in total. The Hall–Kier alpha value is -0.480. The van der Waals surface area contributed by atoms with E-state index in [1.165, 1.54) is 19.3 Å². The van der Waals surface area contributed by atoms with Crippen molar-refractivity contribution in [3.05, 3.63) is 0 Å². The van der Waals surface area contributed by atoms with E-state index in [2.05, 4.69) is 5.92 Å². The number of hydrogen-bond acceptors (Lipinski definition) is 1. The molecule has 0 radical (unpaired) electrons. The highest BCUT2D eigenvalue weighted by Crippen LogP contribution is 2.59. The maximum atomic E-state index is 9.19. The molecule has 1 heteroatoms. The highest BCUT2D eigenvalue weighted by atomic mass is 16.3. The van der Waals surface area contributed by atoms with Crippen molar-refractivity contribution in [2.75, 3.05) is 0 Å². The fourth-order valence-corrected chi connectivity index (χ4v) is 2.65. The molecule has 2 aliphatic rings. The smallest absolute Gasteiger partial charge is 0.114 e. The van der Waals surface area contributed by atoms with Crippen molar-refractivity contribution in [2.45, 2.75) is 31.8 Å². The molecule has 0 aromatic carbocycles. The summed E-state index contributed by atoms with van der Waals surface area (Å²) in [5.74, 6) is 5.01. The normalized spacial score (nSPS) is 42.7. The van der Waals surface area contributed by atoms with Gasteiger partial charge in [0.05, 0.1) is 0 Å². The van der Waals surface area contributed by atoms with Crippen LogP contribution in [0.2, 0.25) is 0 Å². The van der Waals surface area contributed by atoms with E-state index < -0.39 is 6.10 Å². The van der Waals surface area contributed by atoms with Gasteiger partial charge in [-0.25, -0.2) is 0 Å². The Bertz CT molecular complexity index is 182. The first-order chi connectivity index (χ1) is 5.33. The molecule has 2 aliphatic carbocycles. The van der Waals surface area contributed by atoms with Gasteiger partial charge in [-0.05, 0) is 37.0 Å². The molecule has 0 amide bonds. The minimum Gasteiger partial charge on any atom is -0.380 e. The summed E-state index contributed by atoms with van der Waals surface area (Å²) in [6, 6.07) is 0. The van der Waals surface area contributed by atoms with Crippen LogP contribution in [-0.4, -0.2) is 11.2 Å². The monoisotopic (exact) mass is 150 g/mol. The lowest BCUT2D eigenvalue weighted by atomic mass is 10.1. The molecule has 0 spiro atoms. The van der Waals surface area contributed by atoms with Crippen LogP contribution in [-0.2, 0) is 0 Å². The number of hydrogen-bond donors (Lipinski definition) is 1. The molecule has 1 nitrogen and oxygen atoms in total. The van der Waals surface area contributed by atoms with E-state index in [0.29, 0.717) is 0 Å². The average molecular weight is 150 g/mol.